The number of ether oxygens (including phenoxy) is 7. The molecule has 63 heavy (non-hydrogen) atoms. The molecule has 372 valence electrons. The van der Waals surface area contributed by atoms with Crippen LogP contribution in [-0.2, 0) is 38.0 Å². The van der Waals surface area contributed by atoms with Crippen molar-refractivity contribution >= 4 is 5.97 Å². The van der Waals surface area contributed by atoms with Crippen LogP contribution in [0, 0.1) is 29.6 Å². The van der Waals surface area contributed by atoms with Gasteiger partial charge in [-0.2, -0.15) is 0 Å². The highest BCUT2D eigenvalue weighted by molar-refractivity contribution is 5.73. The minimum atomic E-state index is -1.85. The van der Waals surface area contributed by atoms with Gasteiger partial charge in [-0.1, -0.05) is 47.5 Å². The quantitative estimate of drug-likeness (QED) is 0.116. The van der Waals surface area contributed by atoms with Crippen molar-refractivity contribution in [2.45, 2.75) is 237 Å². The van der Waals surface area contributed by atoms with Crippen molar-refractivity contribution in [3.05, 3.63) is 0 Å². The van der Waals surface area contributed by atoms with Crippen LogP contribution in [0.1, 0.15) is 141 Å². The molecule has 0 spiro atoms. The molecule has 0 amide bonds. The van der Waals surface area contributed by atoms with E-state index in [1.165, 1.54) is 14.0 Å². The minimum Gasteiger partial charge on any atom is -0.459 e. The predicted octanol–water partition coefficient (Wildman–Crippen LogP) is 4.80. The molecular formula is C48H92N2O13. The van der Waals surface area contributed by atoms with Crippen LogP contribution in [0.5, 0.6) is 0 Å². The summed E-state index contributed by atoms with van der Waals surface area (Å²) in [5.41, 5.74) is -4.72. The SMILES string of the molecule is CC[C@H]1OC(=O)[C@H](C)[C@@H](OC2CC(C)(OC)C(O)C(C)O2)[C@H](C)[C@@H](OC2OC(C)CC(N(C)C)C2O)[C@](C)(O)C[C@@H](C)[C@H](NCCC(C)CCCC(C)(C)OC)[C@H](C)[C@@H](O)[C@]1(C)O. The maximum absolute atomic E-state index is 14.5. The number of esters is 1. The van der Waals surface area contributed by atoms with Gasteiger partial charge < -0.3 is 68.9 Å². The smallest absolute Gasteiger partial charge is 0.311 e. The molecule has 3 rings (SSSR count). The van der Waals surface area contributed by atoms with Crippen LogP contribution in [0.2, 0.25) is 0 Å². The number of likely N-dealkylation sites (N-methyl/N-ethyl adjacent to an activating group) is 1. The van der Waals surface area contributed by atoms with Crippen molar-refractivity contribution in [1.82, 2.24) is 10.2 Å². The Labute approximate surface area is 380 Å². The van der Waals surface area contributed by atoms with Gasteiger partial charge in [-0.3, -0.25) is 4.79 Å². The van der Waals surface area contributed by atoms with Gasteiger partial charge in [0.25, 0.3) is 0 Å². The summed E-state index contributed by atoms with van der Waals surface area (Å²) in [6, 6.07) is -0.711. The van der Waals surface area contributed by atoms with Crippen LogP contribution in [0.3, 0.4) is 0 Å². The largest absolute Gasteiger partial charge is 0.459 e. The molecule has 0 aliphatic carbocycles. The maximum Gasteiger partial charge on any atom is 0.311 e. The van der Waals surface area contributed by atoms with Gasteiger partial charge in [0.05, 0.1) is 53.2 Å². The number of cyclic esters (lactones) is 1. The Bertz CT molecular complexity index is 1390. The first-order valence-electron chi connectivity index (χ1n) is 23.9. The highest BCUT2D eigenvalue weighted by atomic mass is 16.7. The first-order valence-corrected chi connectivity index (χ1v) is 23.9. The molecule has 3 saturated heterocycles. The molecule has 3 heterocycles. The van der Waals surface area contributed by atoms with Gasteiger partial charge >= 0.3 is 5.97 Å². The van der Waals surface area contributed by atoms with Crippen molar-refractivity contribution in [1.29, 1.82) is 0 Å². The average molecular weight is 905 g/mol. The van der Waals surface area contributed by atoms with Crippen molar-refractivity contribution in [2.75, 3.05) is 34.9 Å². The van der Waals surface area contributed by atoms with Gasteiger partial charge in [-0.25, -0.2) is 0 Å². The topological polar surface area (TPSA) is 198 Å². The molecule has 0 aromatic rings. The number of methoxy groups -OCH3 is 2. The second-order valence-corrected chi connectivity index (χ2v) is 21.4. The second-order valence-electron chi connectivity index (χ2n) is 21.4. The Hall–Kier alpha value is -1.05. The van der Waals surface area contributed by atoms with Crippen molar-refractivity contribution in [3.63, 3.8) is 0 Å². The third kappa shape index (κ3) is 14.2. The summed E-state index contributed by atoms with van der Waals surface area (Å²) in [5.74, 6) is -2.95. The average Bonchev–Trinajstić information content (AvgIpc) is 3.20. The van der Waals surface area contributed by atoms with E-state index in [0.717, 1.165) is 25.7 Å². The summed E-state index contributed by atoms with van der Waals surface area (Å²) in [7, 11) is 7.04. The van der Waals surface area contributed by atoms with E-state index in [-0.39, 0.29) is 42.9 Å². The molecule has 9 unspecified atom stereocenters. The van der Waals surface area contributed by atoms with Crippen LogP contribution in [0.4, 0.5) is 0 Å². The summed E-state index contributed by atoms with van der Waals surface area (Å²) in [5, 5.41) is 63.8. The summed E-state index contributed by atoms with van der Waals surface area (Å²) < 4.78 is 43.8. The second kappa shape index (κ2) is 23.3. The predicted molar refractivity (Wildman–Crippen MR) is 242 cm³/mol. The maximum atomic E-state index is 14.5. The van der Waals surface area contributed by atoms with E-state index in [0.29, 0.717) is 18.9 Å². The molecule has 20 atom stereocenters. The number of hydrogen-bond donors (Lipinski definition) is 6. The molecule has 3 aliphatic heterocycles. The van der Waals surface area contributed by atoms with E-state index < -0.39 is 102 Å². The molecule has 0 radical (unpaired) electrons. The standard InChI is InChI=1S/C48H92N2O13/c1-18-35-48(13,56)40(52)30(5)37(49-23-21-27(2)20-19-22-45(9,10)57-16)28(3)25-46(11,55)42(63-44-38(51)34(50(14)15)24-29(4)59-44)31(6)39(32(7)43(54)61-35)62-36-26-47(12,58-17)41(53)33(8)60-36/h27-42,44,49,51-53,55-56H,18-26H2,1-17H3/t27?,28-,29?,30+,31+,32-,33?,34?,35-,36?,37+,38?,39+,40-,41?,42-,44?,46-,47?,48-/m1/s1. The van der Waals surface area contributed by atoms with Crippen LogP contribution < -0.4 is 5.32 Å². The number of carbonyl (C=O) groups is 1. The molecule has 0 saturated carbocycles. The molecule has 3 fully saturated rings. The number of aliphatic hydroxyl groups is 5. The fourth-order valence-electron chi connectivity index (χ4n) is 10.6. The van der Waals surface area contributed by atoms with E-state index in [1.807, 2.05) is 46.7 Å². The Morgan fingerprint density at radius 3 is 2.13 bits per heavy atom. The summed E-state index contributed by atoms with van der Waals surface area (Å²) in [6.45, 7) is 24.9. The Kier molecular flexibility index (Phi) is 20.8. The van der Waals surface area contributed by atoms with Crippen molar-refractivity contribution < 1.29 is 63.5 Å². The molecule has 0 aromatic carbocycles. The van der Waals surface area contributed by atoms with Gasteiger partial charge in [0.1, 0.15) is 23.9 Å². The lowest BCUT2D eigenvalue weighted by atomic mass is 9.72. The highest BCUT2D eigenvalue weighted by Gasteiger charge is 2.53. The number of rotatable bonds is 16. The highest BCUT2D eigenvalue weighted by Crippen LogP contribution is 2.41. The van der Waals surface area contributed by atoms with Gasteiger partial charge in [0.2, 0.25) is 0 Å². The van der Waals surface area contributed by atoms with Crippen LogP contribution in [-0.4, -0.2) is 167 Å². The van der Waals surface area contributed by atoms with Gasteiger partial charge in [0.15, 0.2) is 12.6 Å². The first-order chi connectivity index (χ1) is 29.1. The number of aliphatic hydroxyl groups excluding tert-OH is 3. The van der Waals surface area contributed by atoms with Crippen molar-refractivity contribution in [2.24, 2.45) is 29.6 Å². The molecular weight excluding hydrogens is 813 g/mol. The van der Waals surface area contributed by atoms with E-state index >= 15 is 0 Å². The third-order valence-electron chi connectivity index (χ3n) is 15.2. The first kappa shape index (κ1) is 56.3. The Morgan fingerprint density at radius 2 is 1.56 bits per heavy atom. The van der Waals surface area contributed by atoms with Crippen LogP contribution >= 0.6 is 0 Å². The van der Waals surface area contributed by atoms with Crippen LogP contribution in [0.15, 0.2) is 0 Å². The molecule has 6 N–H and O–H groups in total. The van der Waals surface area contributed by atoms with E-state index in [9.17, 15) is 30.3 Å². The van der Waals surface area contributed by atoms with Gasteiger partial charge in [0, 0.05) is 44.6 Å². The number of carbonyl (C=O) groups excluding carboxylic acids is 1. The molecule has 0 bridgehead atoms. The lowest BCUT2D eigenvalue weighted by Gasteiger charge is -2.49. The van der Waals surface area contributed by atoms with Gasteiger partial charge in [-0.05, 0) is 120 Å². The third-order valence-corrected chi connectivity index (χ3v) is 15.2. The Balaban J connectivity index is 2.14. The summed E-state index contributed by atoms with van der Waals surface area (Å²) in [4.78, 5) is 16.4. The number of hydrogen-bond acceptors (Lipinski definition) is 15. The van der Waals surface area contributed by atoms with E-state index in [4.69, 9.17) is 33.2 Å². The van der Waals surface area contributed by atoms with E-state index in [1.54, 1.807) is 41.7 Å². The zero-order valence-corrected chi connectivity index (χ0v) is 42.1. The van der Waals surface area contributed by atoms with Gasteiger partial charge in [-0.15, -0.1) is 0 Å². The van der Waals surface area contributed by atoms with E-state index in [2.05, 4.69) is 26.1 Å². The minimum absolute atomic E-state index is 0.124. The number of nitrogens with zero attached hydrogens (tertiary/aromatic N) is 1. The normalized spacial score (nSPS) is 44.5. The zero-order valence-electron chi connectivity index (χ0n) is 42.1. The lowest BCUT2D eigenvalue weighted by Crippen LogP contribution is -2.62. The summed E-state index contributed by atoms with van der Waals surface area (Å²) in [6.07, 6.45) is -4.72. The number of nitrogens with one attached hydrogen (secondary N) is 1. The fraction of sp³-hybridized carbons (Fsp3) is 0.979. The summed E-state index contributed by atoms with van der Waals surface area (Å²) >= 11 is 0. The lowest BCUT2D eigenvalue weighted by molar-refractivity contribution is -0.318. The molecule has 0 aromatic heterocycles. The fourth-order valence-corrected chi connectivity index (χ4v) is 10.6. The Morgan fingerprint density at radius 1 is 0.921 bits per heavy atom. The molecule has 3 aliphatic rings. The monoisotopic (exact) mass is 905 g/mol. The van der Waals surface area contributed by atoms with Crippen LogP contribution in [0.25, 0.3) is 0 Å². The molecule has 15 nitrogen and oxygen atoms in total. The van der Waals surface area contributed by atoms with Crippen molar-refractivity contribution in [3.8, 4) is 0 Å². The zero-order chi connectivity index (χ0) is 48.0. The molecule has 15 heteroatoms.